The summed E-state index contributed by atoms with van der Waals surface area (Å²) < 4.78 is 5.44. The van der Waals surface area contributed by atoms with E-state index in [0.717, 1.165) is 37.7 Å². The number of carbonyl (C=O) groups excluding carboxylic acids is 1. The standard InChI is InChI=1S/C24H26ClN3O2/c25-21-12-10-19(11-13-21)23-26-22(30-27-23)15-17-28(24(29)20-8-4-5-9-20)16-14-18-6-2-1-3-7-18/h1-3,6-7,10-13,20H,4-5,8-9,14-17H2. The molecule has 0 bridgehead atoms. The SMILES string of the molecule is O=C(C1CCCC1)N(CCc1ccccc1)CCc1nc(-c2ccc(Cl)cc2)no1. The fourth-order valence-electron chi connectivity index (χ4n) is 3.98. The van der Waals surface area contributed by atoms with Gasteiger partial charge in [-0.2, -0.15) is 4.98 Å². The number of halogens is 1. The van der Waals surface area contributed by atoms with Crippen molar-refractivity contribution in [2.75, 3.05) is 13.1 Å². The van der Waals surface area contributed by atoms with Crippen LogP contribution in [-0.2, 0) is 17.6 Å². The third kappa shape index (κ3) is 5.28. The molecule has 0 spiro atoms. The van der Waals surface area contributed by atoms with E-state index in [2.05, 4.69) is 22.3 Å². The second kappa shape index (κ2) is 9.90. The summed E-state index contributed by atoms with van der Waals surface area (Å²) in [4.78, 5) is 19.6. The molecule has 0 saturated heterocycles. The van der Waals surface area contributed by atoms with Crippen molar-refractivity contribution >= 4 is 17.5 Å². The molecule has 0 radical (unpaired) electrons. The van der Waals surface area contributed by atoms with Crippen LogP contribution in [-0.4, -0.2) is 34.0 Å². The first kappa shape index (κ1) is 20.6. The van der Waals surface area contributed by atoms with Gasteiger partial charge in [0.25, 0.3) is 0 Å². The first-order valence-electron chi connectivity index (χ1n) is 10.6. The van der Waals surface area contributed by atoms with Gasteiger partial charge in [-0.25, -0.2) is 0 Å². The van der Waals surface area contributed by atoms with Crippen LogP contribution in [0.15, 0.2) is 59.1 Å². The molecule has 6 heteroatoms. The minimum atomic E-state index is 0.160. The lowest BCUT2D eigenvalue weighted by atomic mass is 10.1. The van der Waals surface area contributed by atoms with Crippen LogP contribution in [0.4, 0.5) is 0 Å². The lowest BCUT2D eigenvalue weighted by Crippen LogP contribution is -2.38. The van der Waals surface area contributed by atoms with Crippen molar-refractivity contribution in [1.82, 2.24) is 15.0 Å². The van der Waals surface area contributed by atoms with Crippen molar-refractivity contribution in [2.45, 2.75) is 38.5 Å². The van der Waals surface area contributed by atoms with E-state index >= 15 is 0 Å². The minimum absolute atomic E-state index is 0.160. The van der Waals surface area contributed by atoms with Crippen LogP contribution in [0.1, 0.15) is 37.1 Å². The third-order valence-electron chi connectivity index (χ3n) is 5.70. The Morgan fingerprint density at radius 3 is 2.43 bits per heavy atom. The number of rotatable bonds is 8. The predicted molar refractivity (Wildman–Crippen MR) is 117 cm³/mol. The fraction of sp³-hybridized carbons (Fsp3) is 0.375. The van der Waals surface area contributed by atoms with Gasteiger partial charge in [0.2, 0.25) is 17.6 Å². The number of hydrogen-bond acceptors (Lipinski definition) is 4. The summed E-state index contributed by atoms with van der Waals surface area (Å²) >= 11 is 5.94. The zero-order chi connectivity index (χ0) is 20.8. The number of carbonyl (C=O) groups is 1. The predicted octanol–water partition coefficient (Wildman–Crippen LogP) is 5.19. The molecule has 1 aliphatic rings. The summed E-state index contributed by atoms with van der Waals surface area (Å²) in [6.45, 7) is 1.29. The molecular formula is C24H26ClN3O2. The molecule has 0 N–H and O–H groups in total. The van der Waals surface area contributed by atoms with E-state index in [1.54, 1.807) is 12.1 Å². The first-order chi connectivity index (χ1) is 14.7. The minimum Gasteiger partial charge on any atom is -0.342 e. The van der Waals surface area contributed by atoms with Crippen LogP contribution in [0.2, 0.25) is 5.02 Å². The van der Waals surface area contributed by atoms with E-state index in [4.69, 9.17) is 16.1 Å². The molecule has 1 heterocycles. The van der Waals surface area contributed by atoms with Crippen molar-refractivity contribution in [2.24, 2.45) is 5.92 Å². The maximum Gasteiger partial charge on any atom is 0.228 e. The van der Waals surface area contributed by atoms with Gasteiger partial charge in [-0.1, -0.05) is 59.9 Å². The average molecular weight is 424 g/mol. The van der Waals surface area contributed by atoms with Gasteiger partial charge in [-0.15, -0.1) is 0 Å². The van der Waals surface area contributed by atoms with E-state index in [-0.39, 0.29) is 11.8 Å². The average Bonchev–Trinajstić information content (AvgIpc) is 3.47. The van der Waals surface area contributed by atoms with E-state index < -0.39 is 0 Å². The number of amides is 1. The summed E-state index contributed by atoms with van der Waals surface area (Å²) in [6.07, 6.45) is 5.70. The lowest BCUT2D eigenvalue weighted by Gasteiger charge is -2.25. The van der Waals surface area contributed by atoms with E-state index in [9.17, 15) is 4.79 Å². The Bertz CT molecular complexity index is 950. The highest BCUT2D eigenvalue weighted by molar-refractivity contribution is 6.30. The molecule has 4 rings (SSSR count). The van der Waals surface area contributed by atoms with E-state index in [0.29, 0.717) is 36.2 Å². The number of hydrogen-bond donors (Lipinski definition) is 0. The van der Waals surface area contributed by atoms with Gasteiger partial charge in [0.05, 0.1) is 0 Å². The van der Waals surface area contributed by atoms with Crippen LogP contribution in [0.25, 0.3) is 11.4 Å². The number of benzene rings is 2. The second-order valence-corrected chi connectivity index (χ2v) is 8.25. The van der Waals surface area contributed by atoms with Gasteiger partial charge in [-0.05, 0) is 49.1 Å². The molecule has 1 amide bonds. The Morgan fingerprint density at radius 2 is 1.70 bits per heavy atom. The summed E-state index contributed by atoms with van der Waals surface area (Å²) in [7, 11) is 0. The second-order valence-electron chi connectivity index (χ2n) is 7.81. The molecule has 1 aliphatic carbocycles. The summed E-state index contributed by atoms with van der Waals surface area (Å²) in [5, 5.41) is 4.75. The summed E-state index contributed by atoms with van der Waals surface area (Å²) in [5.74, 6) is 1.51. The molecule has 1 saturated carbocycles. The summed E-state index contributed by atoms with van der Waals surface area (Å²) in [6, 6.07) is 17.6. The molecule has 0 unspecified atom stereocenters. The highest BCUT2D eigenvalue weighted by Crippen LogP contribution is 2.27. The van der Waals surface area contributed by atoms with Crippen LogP contribution in [0.3, 0.4) is 0 Å². The molecule has 3 aromatic rings. The largest absolute Gasteiger partial charge is 0.342 e. The van der Waals surface area contributed by atoms with Crippen molar-refractivity contribution in [1.29, 1.82) is 0 Å². The smallest absolute Gasteiger partial charge is 0.228 e. The molecule has 30 heavy (non-hydrogen) atoms. The zero-order valence-corrected chi connectivity index (χ0v) is 17.7. The third-order valence-corrected chi connectivity index (χ3v) is 5.95. The van der Waals surface area contributed by atoms with Crippen LogP contribution in [0.5, 0.6) is 0 Å². The van der Waals surface area contributed by atoms with Crippen LogP contribution in [0, 0.1) is 5.92 Å². The van der Waals surface area contributed by atoms with Gasteiger partial charge in [0.15, 0.2) is 0 Å². The van der Waals surface area contributed by atoms with E-state index in [1.807, 2.05) is 35.2 Å². The Balaban J connectivity index is 1.40. The zero-order valence-electron chi connectivity index (χ0n) is 17.0. The Hall–Kier alpha value is -2.66. The number of aromatic nitrogens is 2. The molecule has 0 aliphatic heterocycles. The molecular weight excluding hydrogens is 398 g/mol. The van der Waals surface area contributed by atoms with Crippen molar-refractivity contribution in [3.8, 4) is 11.4 Å². The lowest BCUT2D eigenvalue weighted by molar-refractivity contribution is -0.135. The molecule has 1 fully saturated rings. The van der Waals surface area contributed by atoms with Gasteiger partial charge < -0.3 is 9.42 Å². The first-order valence-corrected chi connectivity index (χ1v) is 11.0. The van der Waals surface area contributed by atoms with Gasteiger partial charge >= 0.3 is 0 Å². The molecule has 2 aromatic carbocycles. The van der Waals surface area contributed by atoms with Crippen molar-refractivity contribution in [3.05, 3.63) is 71.1 Å². The quantitative estimate of drug-likeness (QED) is 0.500. The Kier molecular flexibility index (Phi) is 6.80. The highest BCUT2D eigenvalue weighted by atomic mass is 35.5. The molecule has 0 atom stereocenters. The molecule has 1 aromatic heterocycles. The Labute approximate surface area is 182 Å². The summed E-state index contributed by atoms with van der Waals surface area (Å²) in [5.41, 5.74) is 2.10. The molecule has 5 nitrogen and oxygen atoms in total. The maximum absolute atomic E-state index is 13.1. The monoisotopic (exact) mass is 423 g/mol. The highest BCUT2D eigenvalue weighted by Gasteiger charge is 2.27. The normalized spacial score (nSPS) is 14.2. The van der Waals surface area contributed by atoms with Gasteiger partial charge in [0, 0.05) is 36.0 Å². The Morgan fingerprint density at radius 1 is 1.00 bits per heavy atom. The fourth-order valence-corrected chi connectivity index (χ4v) is 4.10. The van der Waals surface area contributed by atoms with Gasteiger partial charge in [0.1, 0.15) is 0 Å². The van der Waals surface area contributed by atoms with Gasteiger partial charge in [-0.3, -0.25) is 4.79 Å². The maximum atomic E-state index is 13.1. The van der Waals surface area contributed by atoms with Crippen LogP contribution < -0.4 is 0 Å². The van der Waals surface area contributed by atoms with E-state index in [1.165, 1.54) is 5.56 Å². The topological polar surface area (TPSA) is 59.2 Å². The van der Waals surface area contributed by atoms with Crippen molar-refractivity contribution < 1.29 is 9.32 Å². The number of nitrogens with zero attached hydrogens (tertiary/aromatic N) is 3. The van der Waals surface area contributed by atoms with Crippen molar-refractivity contribution in [3.63, 3.8) is 0 Å². The van der Waals surface area contributed by atoms with Crippen LogP contribution >= 0.6 is 11.6 Å². The molecule has 156 valence electrons.